The van der Waals surface area contributed by atoms with Gasteiger partial charge >= 0.3 is 0 Å². The average molecular weight is 380 g/mol. The zero-order chi connectivity index (χ0) is 19.1. The first-order valence-corrected chi connectivity index (χ1v) is 10.1. The number of fused-ring (bicyclic) bond motifs is 3. The van der Waals surface area contributed by atoms with E-state index >= 15 is 0 Å². The van der Waals surface area contributed by atoms with E-state index in [0.29, 0.717) is 5.69 Å². The Morgan fingerprint density at radius 3 is 2.65 bits per heavy atom. The van der Waals surface area contributed by atoms with Crippen molar-refractivity contribution in [3.63, 3.8) is 0 Å². The molecule has 0 spiro atoms. The molecule has 1 N–H and O–H groups in total. The number of amides is 2. The second kappa shape index (κ2) is 6.88. The minimum absolute atomic E-state index is 0.103. The number of nitrogens with zero attached hydrogens (tertiary/aromatic N) is 3. The summed E-state index contributed by atoms with van der Waals surface area (Å²) in [5.41, 5.74) is 1.27. The number of piperidine rings is 1. The SMILES string of the molecule is CNC(=O)CN1C(=O)[C@H]2CCCCN2c2ccc(S(=O)(=O)N(C)C)cc21. The van der Waals surface area contributed by atoms with Gasteiger partial charge in [0.2, 0.25) is 21.8 Å². The number of carbonyl (C=O) groups is 2. The molecule has 8 nitrogen and oxygen atoms in total. The molecule has 0 aromatic heterocycles. The van der Waals surface area contributed by atoms with E-state index in [4.69, 9.17) is 0 Å². The summed E-state index contributed by atoms with van der Waals surface area (Å²) in [5, 5.41) is 2.53. The minimum Gasteiger partial charge on any atom is -0.358 e. The molecule has 142 valence electrons. The van der Waals surface area contributed by atoms with Crippen LogP contribution >= 0.6 is 0 Å². The van der Waals surface area contributed by atoms with Gasteiger partial charge in [0.25, 0.3) is 0 Å². The van der Waals surface area contributed by atoms with Crippen LogP contribution in [0.4, 0.5) is 11.4 Å². The highest BCUT2D eigenvalue weighted by Crippen LogP contribution is 2.40. The fourth-order valence-electron chi connectivity index (χ4n) is 3.49. The Balaban J connectivity index is 2.13. The molecule has 2 aliphatic heterocycles. The zero-order valence-electron chi connectivity index (χ0n) is 15.2. The van der Waals surface area contributed by atoms with E-state index in [1.807, 2.05) is 4.90 Å². The second-order valence-corrected chi connectivity index (χ2v) is 8.89. The molecule has 0 unspecified atom stereocenters. The van der Waals surface area contributed by atoms with Crippen LogP contribution < -0.4 is 15.1 Å². The lowest BCUT2D eigenvalue weighted by Gasteiger charge is -2.45. The molecule has 0 aliphatic carbocycles. The largest absolute Gasteiger partial charge is 0.358 e. The van der Waals surface area contributed by atoms with Crippen LogP contribution in [0.3, 0.4) is 0 Å². The molecule has 2 heterocycles. The van der Waals surface area contributed by atoms with Gasteiger partial charge in [-0.1, -0.05) is 0 Å². The standard InChI is InChI=1S/C17H24N4O4S/c1-18-16(22)11-21-15-10-12(26(24,25)19(2)3)7-8-13(15)20-9-5-4-6-14(20)17(21)23/h7-8,10,14H,4-6,9,11H2,1-3H3,(H,18,22)/t14-/m1/s1. The van der Waals surface area contributed by atoms with Gasteiger partial charge in [-0.15, -0.1) is 0 Å². The van der Waals surface area contributed by atoms with Crippen molar-refractivity contribution in [3.8, 4) is 0 Å². The van der Waals surface area contributed by atoms with Gasteiger partial charge in [0.15, 0.2) is 0 Å². The van der Waals surface area contributed by atoms with Crippen molar-refractivity contribution in [2.24, 2.45) is 0 Å². The molecule has 0 radical (unpaired) electrons. The molecule has 0 bridgehead atoms. The maximum Gasteiger partial charge on any atom is 0.250 e. The molecule has 26 heavy (non-hydrogen) atoms. The van der Waals surface area contributed by atoms with Crippen molar-refractivity contribution in [1.82, 2.24) is 9.62 Å². The zero-order valence-corrected chi connectivity index (χ0v) is 16.0. The van der Waals surface area contributed by atoms with Gasteiger partial charge < -0.3 is 10.2 Å². The van der Waals surface area contributed by atoms with Gasteiger partial charge in [-0.25, -0.2) is 12.7 Å². The van der Waals surface area contributed by atoms with Crippen LogP contribution in [-0.2, 0) is 19.6 Å². The van der Waals surface area contributed by atoms with E-state index in [2.05, 4.69) is 5.32 Å². The summed E-state index contributed by atoms with van der Waals surface area (Å²) in [4.78, 5) is 28.5. The number of benzene rings is 1. The quantitative estimate of drug-likeness (QED) is 0.816. The van der Waals surface area contributed by atoms with Gasteiger partial charge in [0.1, 0.15) is 12.6 Å². The predicted octanol–water partition coefficient (Wildman–Crippen LogP) is 0.388. The van der Waals surface area contributed by atoms with E-state index in [1.165, 1.54) is 32.1 Å². The minimum atomic E-state index is -3.64. The third-order valence-corrected chi connectivity index (χ3v) is 6.77. The molecule has 2 amide bonds. The molecule has 0 saturated carbocycles. The van der Waals surface area contributed by atoms with Crippen molar-refractivity contribution in [3.05, 3.63) is 18.2 Å². The Labute approximate surface area is 153 Å². The predicted molar refractivity (Wildman–Crippen MR) is 98.7 cm³/mol. The summed E-state index contributed by atoms with van der Waals surface area (Å²) >= 11 is 0. The smallest absolute Gasteiger partial charge is 0.250 e. The number of likely N-dealkylation sites (N-methyl/N-ethyl adjacent to an activating group) is 1. The van der Waals surface area contributed by atoms with Gasteiger partial charge in [-0.3, -0.25) is 14.5 Å². The lowest BCUT2D eigenvalue weighted by atomic mass is 9.96. The Hall–Kier alpha value is -2.13. The summed E-state index contributed by atoms with van der Waals surface area (Å²) in [7, 11) is 0.796. The first kappa shape index (κ1) is 18.7. The highest BCUT2D eigenvalue weighted by atomic mass is 32.2. The molecular formula is C17H24N4O4S. The molecule has 1 atom stereocenters. The molecule has 1 aromatic rings. The highest BCUT2D eigenvalue weighted by Gasteiger charge is 2.40. The number of hydrogen-bond donors (Lipinski definition) is 1. The fourth-order valence-corrected chi connectivity index (χ4v) is 4.42. The van der Waals surface area contributed by atoms with Crippen molar-refractivity contribution in [1.29, 1.82) is 0 Å². The lowest BCUT2D eigenvalue weighted by Crippen LogP contribution is -2.57. The van der Waals surface area contributed by atoms with Crippen molar-refractivity contribution in [2.45, 2.75) is 30.2 Å². The van der Waals surface area contributed by atoms with Crippen LogP contribution in [0.25, 0.3) is 0 Å². The number of rotatable bonds is 4. The number of carbonyl (C=O) groups excluding carboxylic acids is 2. The third kappa shape index (κ3) is 3.05. The van der Waals surface area contributed by atoms with Gasteiger partial charge in [0, 0.05) is 27.7 Å². The molecule has 3 rings (SSSR count). The number of nitrogens with one attached hydrogen (secondary N) is 1. The summed E-state index contributed by atoms with van der Waals surface area (Å²) in [6, 6.07) is 4.51. The summed E-state index contributed by atoms with van der Waals surface area (Å²) in [6.07, 6.45) is 2.68. The summed E-state index contributed by atoms with van der Waals surface area (Å²) in [5.74, 6) is -0.449. The van der Waals surface area contributed by atoms with E-state index in [9.17, 15) is 18.0 Å². The number of hydrogen-bond acceptors (Lipinski definition) is 5. The fraction of sp³-hybridized carbons (Fsp3) is 0.529. The van der Waals surface area contributed by atoms with Crippen molar-refractivity contribution < 1.29 is 18.0 Å². The Kier molecular flexibility index (Phi) is 4.94. The van der Waals surface area contributed by atoms with E-state index in [-0.39, 0.29) is 29.3 Å². The first-order chi connectivity index (χ1) is 12.3. The average Bonchev–Trinajstić information content (AvgIpc) is 2.64. The van der Waals surface area contributed by atoms with Gasteiger partial charge in [-0.2, -0.15) is 0 Å². The van der Waals surface area contributed by atoms with E-state index in [1.54, 1.807) is 12.1 Å². The molecule has 1 saturated heterocycles. The monoisotopic (exact) mass is 380 g/mol. The van der Waals surface area contributed by atoms with Crippen LogP contribution in [0.2, 0.25) is 0 Å². The van der Waals surface area contributed by atoms with Crippen LogP contribution in [0.1, 0.15) is 19.3 Å². The molecule has 1 fully saturated rings. The van der Waals surface area contributed by atoms with Gasteiger partial charge in [0.05, 0.1) is 16.3 Å². The van der Waals surface area contributed by atoms with Crippen molar-refractivity contribution in [2.75, 3.05) is 44.0 Å². The number of sulfonamides is 1. The second-order valence-electron chi connectivity index (χ2n) is 6.74. The normalized spacial score (nSPS) is 20.0. The van der Waals surface area contributed by atoms with E-state index < -0.39 is 10.0 Å². The molecule has 2 aliphatic rings. The van der Waals surface area contributed by atoms with Crippen LogP contribution in [0.15, 0.2) is 23.1 Å². The maximum atomic E-state index is 13.0. The molecule has 9 heteroatoms. The highest BCUT2D eigenvalue weighted by molar-refractivity contribution is 7.89. The molecular weight excluding hydrogens is 356 g/mol. The van der Waals surface area contributed by atoms with E-state index in [0.717, 1.165) is 35.8 Å². The van der Waals surface area contributed by atoms with Crippen LogP contribution in [0.5, 0.6) is 0 Å². The maximum absolute atomic E-state index is 13.0. The Morgan fingerprint density at radius 2 is 2.00 bits per heavy atom. The summed E-state index contributed by atoms with van der Waals surface area (Å²) < 4.78 is 26.1. The first-order valence-electron chi connectivity index (χ1n) is 8.62. The van der Waals surface area contributed by atoms with Gasteiger partial charge in [-0.05, 0) is 37.5 Å². The topological polar surface area (TPSA) is 90.0 Å². The van der Waals surface area contributed by atoms with Crippen LogP contribution in [0, 0.1) is 0 Å². The third-order valence-electron chi connectivity index (χ3n) is 4.96. The Bertz CT molecular complexity index is 837. The van der Waals surface area contributed by atoms with Crippen molar-refractivity contribution >= 4 is 33.2 Å². The summed E-state index contributed by atoms with van der Waals surface area (Å²) in [6.45, 7) is 0.620. The number of anilines is 2. The lowest BCUT2D eigenvalue weighted by molar-refractivity contribution is -0.124. The van der Waals surface area contributed by atoms with Crippen LogP contribution in [-0.4, -0.2) is 64.8 Å². The molecule has 1 aromatic carbocycles. The Morgan fingerprint density at radius 1 is 1.27 bits per heavy atom.